The molecule has 0 aromatic carbocycles. The first-order chi connectivity index (χ1) is 8.27. The van der Waals surface area contributed by atoms with Crippen molar-refractivity contribution in [1.29, 1.82) is 0 Å². The maximum atomic E-state index is 4.51. The molecule has 0 saturated heterocycles. The smallest absolute Gasteiger partial charge is 0.0575 e. The standard InChI is InChI=1S/C15H26N2/c1-4-6-7-8-14(16-10-5-2)15-12-13(3)9-11-17-15/h9,11-12,14,16H,4-8,10H2,1-3H3. The van der Waals surface area contributed by atoms with E-state index in [-0.39, 0.29) is 0 Å². The van der Waals surface area contributed by atoms with Crippen molar-refractivity contribution in [1.82, 2.24) is 10.3 Å². The summed E-state index contributed by atoms with van der Waals surface area (Å²) >= 11 is 0. The van der Waals surface area contributed by atoms with Gasteiger partial charge in [-0.2, -0.15) is 0 Å². The zero-order chi connectivity index (χ0) is 12.5. The Hall–Kier alpha value is -0.890. The van der Waals surface area contributed by atoms with E-state index in [9.17, 15) is 0 Å². The lowest BCUT2D eigenvalue weighted by atomic mass is 10.0. The second-order valence-corrected chi connectivity index (χ2v) is 4.76. The molecule has 0 aliphatic heterocycles. The normalized spacial score (nSPS) is 12.6. The minimum Gasteiger partial charge on any atom is -0.309 e. The summed E-state index contributed by atoms with van der Waals surface area (Å²) in [4.78, 5) is 4.51. The van der Waals surface area contributed by atoms with E-state index in [0.29, 0.717) is 6.04 Å². The van der Waals surface area contributed by atoms with E-state index in [0.717, 1.165) is 6.54 Å². The maximum Gasteiger partial charge on any atom is 0.0575 e. The van der Waals surface area contributed by atoms with Crippen LogP contribution in [0.4, 0.5) is 0 Å². The summed E-state index contributed by atoms with van der Waals surface area (Å²) in [6.07, 6.45) is 8.18. The Balaban J connectivity index is 2.60. The number of nitrogens with one attached hydrogen (secondary N) is 1. The lowest BCUT2D eigenvalue weighted by Gasteiger charge is -2.18. The molecule has 1 unspecified atom stereocenters. The van der Waals surface area contributed by atoms with Crippen molar-refractivity contribution in [3.63, 3.8) is 0 Å². The van der Waals surface area contributed by atoms with Gasteiger partial charge < -0.3 is 5.32 Å². The molecule has 0 spiro atoms. The van der Waals surface area contributed by atoms with Gasteiger partial charge in [-0.15, -0.1) is 0 Å². The predicted molar refractivity (Wildman–Crippen MR) is 74.2 cm³/mol. The Morgan fingerprint density at radius 3 is 2.71 bits per heavy atom. The van der Waals surface area contributed by atoms with Crippen molar-refractivity contribution in [2.24, 2.45) is 0 Å². The Kier molecular flexibility index (Phi) is 6.87. The molecule has 1 heterocycles. The Morgan fingerprint density at radius 1 is 1.24 bits per heavy atom. The monoisotopic (exact) mass is 234 g/mol. The van der Waals surface area contributed by atoms with Crippen molar-refractivity contribution in [2.75, 3.05) is 6.54 Å². The molecular weight excluding hydrogens is 208 g/mol. The lowest BCUT2D eigenvalue weighted by molar-refractivity contribution is 0.465. The summed E-state index contributed by atoms with van der Waals surface area (Å²) in [5, 5.41) is 3.61. The predicted octanol–water partition coefficient (Wildman–Crippen LogP) is 4.01. The number of hydrogen-bond donors (Lipinski definition) is 1. The fourth-order valence-electron chi connectivity index (χ4n) is 2.02. The number of unbranched alkanes of at least 4 members (excludes halogenated alkanes) is 2. The van der Waals surface area contributed by atoms with E-state index in [2.05, 4.69) is 43.2 Å². The van der Waals surface area contributed by atoms with Crippen LogP contribution in [0.1, 0.15) is 63.3 Å². The van der Waals surface area contributed by atoms with E-state index >= 15 is 0 Å². The number of rotatable bonds is 8. The lowest BCUT2D eigenvalue weighted by Crippen LogP contribution is -2.23. The van der Waals surface area contributed by atoms with Crippen LogP contribution in [0.2, 0.25) is 0 Å². The van der Waals surface area contributed by atoms with Crippen LogP contribution in [-0.4, -0.2) is 11.5 Å². The Labute approximate surface area is 106 Å². The second-order valence-electron chi connectivity index (χ2n) is 4.76. The second kappa shape index (κ2) is 8.24. The van der Waals surface area contributed by atoms with E-state index < -0.39 is 0 Å². The zero-order valence-corrected chi connectivity index (χ0v) is 11.5. The van der Waals surface area contributed by atoms with Gasteiger partial charge >= 0.3 is 0 Å². The van der Waals surface area contributed by atoms with Gasteiger partial charge in [-0.05, 0) is 44.0 Å². The number of aromatic nitrogens is 1. The first-order valence-corrected chi connectivity index (χ1v) is 6.93. The molecule has 1 rings (SSSR count). The molecule has 1 aromatic heterocycles. The van der Waals surface area contributed by atoms with Gasteiger partial charge in [0.05, 0.1) is 5.69 Å². The highest BCUT2D eigenvalue weighted by Gasteiger charge is 2.11. The Morgan fingerprint density at radius 2 is 2.06 bits per heavy atom. The topological polar surface area (TPSA) is 24.9 Å². The molecule has 1 atom stereocenters. The van der Waals surface area contributed by atoms with Crippen molar-refractivity contribution in [2.45, 2.75) is 58.9 Å². The third kappa shape index (κ3) is 5.31. The molecule has 0 radical (unpaired) electrons. The van der Waals surface area contributed by atoms with Crippen molar-refractivity contribution < 1.29 is 0 Å². The first kappa shape index (κ1) is 14.2. The third-order valence-corrected chi connectivity index (χ3v) is 3.03. The molecular formula is C15H26N2. The average molecular weight is 234 g/mol. The van der Waals surface area contributed by atoms with Crippen LogP contribution in [0.5, 0.6) is 0 Å². The minimum absolute atomic E-state index is 0.432. The van der Waals surface area contributed by atoms with Crippen LogP contribution >= 0.6 is 0 Å². The van der Waals surface area contributed by atoms with Crippen LogP contribution in [0.15, 0.2) is 18.3 Å². The Bertz CT molecular complexity index is 310. The van der Waals surface area contributed by atoms with Crippen LogP contribution in [-0.2, 0) is 0 Å². The van der Waals surface area contributed by atoms with Gasteiger partial charge in [-0.3, -0.25) is 4.98 Å². The number of nitrogens with zero attached hydrogens (tertiary/aromatic N) is 1. The molecule has 0 aliphatic carbocycles. The molecule has 1 aromatic rings. The van der Waals surface area contributed by atoms with Gasteiger partial charge in [0.15, 0.2) is 0 Å². The fourth-order valence-corrected chi connectivity index (χ4v) is 2.02. The van der Waals surface area contributed by atoms with E-state index in [1.54, 1.807) is 0 Å². The van der Waals surface area contributed by atoms with E-state index in [1.165, 1.54) is 43.4 Å². The third-order valence-electron chi connectivity index (χ3n) is 3.03. The summed E-state index contributed by atoms with van der Waals surface area (Å²) < 4.78 is 0. The van der Waals surface area contributed by atoms with E-state index in [1.807, 2.05) is 6.20 Å². The van der Waals surface area contributed by atoms with Crippen LogP contribution in [0, 0.1) is 6.92 Å². The van der Waals surface area contributed by atoms with E-state index in [4.69, 9.17) is 0 Å². The van der Waals surface area contributed by atoms with Gasteiger partial charge in [0.2, 0.25) is 0 Å². The molecule has 2 nitrogen and oxygen atoms in total. The summed E-state index contributed by atoms with van der Waals surface area (Å²) in [6.45, 7) is 7.67. The van der Waals surface area contributed by atoms with Crippen LogP contribution in [0.3, 0.4) is 0 Å². The zero-order valence-electron chi connectivity index (χ0n) is 11.5. The quantitative estimate of drug-likeness (QED) is 0.687. The molecule has 0 fully saturated rings. The number of aryl methyl sites for hydroxylation is 1. The van der Waals surface area contributed by atoms with Crippen molar-refractivity contribution >= 4 is 0 Å². The van der Waals surface area contributed by atoms with Gasteiger partial charge in [0.25, 0.3) is 0 Å². The summed E-state index contributed by atoms with van der Waals surface area (Å²) in [6, 6.07) is 4.70. The molecule has 1 N–H and O–H groups in total. The summed E-state index contributed by atoms with van der Waals surface area (Å²) in [5.74, 6) is 0. The van der Waals surface area contributed by atoms with Crippen molar-refractivity contribution in [3.8, 4) is 0 Å². The van der Waals surface area contributed by atoms with Gasteiger partial charge in [-0.1, -0.05) is 33.1 Å². The molecule has 0 saturated carbocycles. The minimum atomic E-state index is 0.432. The van der Waals surface area contributed by atoms with Crippen LogP contribution in [0.25, 0.3) is 0 Å². The molecule has 0 aliphatic rings. The first-order valence-electron chi connectivity index (χ1n) is 6.93. The highest BCUT2D eigenvalue weighted by Crippen LogP contribution is 2.18. The number of pyridine rings is 1. The molecule has 17 heavy (non-hydrogen) atoms. The highest BCUT2D eigenvalue weighted by molar-refractivity contribution is 5.17. The summed E-state index contributed by atoms with van der Waals surface area (Å²) in [5.41, 5.74) is 2.50. The SMILES string of the molecule is CCCCCC(NCCC)c1cc(C)ccn1. The number of hydrogen-bond acceptors (Lipinski definition) is 2. The molecule has 0 bridgehead atoms. The molecule has 96 valence electrons. The van der Waals surface area contributed by atoms with Crippen LogP contribution < -0.4 is 5.32 Å². The fraction of sp³-hybridized carbons (Fsp3) is 0.667. The highest BCUT2D eigenvalue weighted by atomic mass is 14.9. The van der Waals surface area contributed by atoms with Gasteiger partial charge in [0.1, 0.15) is 0 Å². The molecule has 0 amide bonds. The molecule has 2 heteroatoms. The van der Waals surface area contributed by atoms with Crippen molar-refractivity contribution in [3.05, 3.63) is 29.6 Å². The van der Waals surface area contributed by atoms with Gasteiger partial charge in [0, 0.05) is 12.2 Å². The average Bonchev–Trinajstić information content (AvgIpc) is 2.33. The van der Waals surface area contributed by atoms with Gasteiger partial charge in [-0.25, -0.2) is 0 Å². The maximum absolute atomic E-state index is 4.51. The largest absolute Gasteiger partial charge is 0.309 e. The summed E-state index contributed by atoms with van der Waals surface area (Å²) in [7, 11) is 0.